The first-order valence-corrected chi connectivity index (χ1v) is 6.90. The zero-order valence-electron chi connectivity index (χ0n) is 8.75. The van der Waals surface area contributed by atoms with E-state index in [1.165, 1.54) is 45.3 Å². The number of alkyl halides is 1. The van der Waals surface area contributed by atoms with Crippen molar-refractivity contribution >= 4 is 15.9 Å². The van der Waals surface area contributed by atoms with Gasteiger partial charge in [0.25, 0.3) is 0 Å². The van der Waals surface area contributed by atoms with Gasteiger partial charge in [0.05, 0.1) is 12.7 Å². The van der Waals surface area contributed by atoms with Crippen LogP contribution < -0.4 is 0 Å². The molecule has 1 heterocycles. The van der Waals surface area contributed by atoms with Gasteiger partial charge in [-0.2, -0.15) is 0 Å². The predicted molar refractivity (Wildman–Crippen MR) is 61.9 cm³/mol. The average Bonchev–Trinajstić information content (AvgIpc) is 3.01. The molecule has 2 aliphatic rings. The molecule has 2 nitrogen and oxygen atoms in total. The highest BCUT2D eigenvalue weighted by Crippen LogP contribution is 2.30. The van der Waals surface area contributed by atoms with Crippen molar-refractivity contribution in [2.24, 2.45) is 5.92 Å². The minimum absolute atomic E-state index is 0.531. The van der Waals surface area contributed by atoms with Crippen LogP contribution in [0.3, 0.4) is 0 Å². The van der Waals surface area contributed by atoms with Crippen LogP contribution in [0.2, 0.25) is 0 Å². The van der Waals surface area contributed by atoms with Crippen LogP contribution in [0.5, 0.6) is 0 Å². The van der Waals surface area contributed by atoms with Gasteiger partial charge in [-0.3, -0.25) is 0 Å². The summed E-state index contributed by atoms with van der Waals surface area (Å²) in [4.78, 5) is 2.62. The highest BCUT2D eigenvalue weighted by Gasteiger charge is 2.26. The van der Waals surface area contributed by atoms with E-state index in [4.69, 9.17) is 4.74 Å². The normalized spacial score (nSPS) is 25.5. The number of ether oxygens (including phenoxy) is 1. The molecule has 1 aliphatic carbocycles. The lowest BCUT2D eigenvalue weighted by Gasteiger charge is -2.31. The summed E-state index contributed by atoms with van der Waals surface area (Å²) >= 11 is 3.39. The molecule has 0 aromatic heterocycles. The van der Waals surface area contributed by atoms with Crippen molar-refractivity contribution in [1.29, 1.82) is 0 Å². The summed E-state index contributed by atoms with van der Waals surface area (Å²) in [5, 5.41) is 0.968. The zero-order valence-corrected chi connectivity index (χ0v) is 10.3. The quantitative estimate of drug-likeness (QED) is 0.705. The molecule has 0 radical (unpaired) electrons. The Balaban J connectivity index is 1.59. The molecule has 0 N–H and O–H groups in total. The van der Waals surface area contributed by atoms with E-state index in [1.807, 2.05) is 0 Å². The van der Waals surface area contributed by atoms with Crippen LogP contribution in [-0.2, 0) is 4.74 Å². The van der Waals surface area contributed by atoms with Crippen molar-refractivity contribution < 1.29 is 4.74 Å². The SMILES string of the molecule is BrCCOC1CCN(CC2CC2)CC1. The predicted octanol–water partition coefficient (Wildman–Crippen LogP) is 2.27. The molecule has 1 saturated heterocycles. The molecule has 0 amide bonds. The molecule has 0 bridgehead atoms. The van der Waals surface area contributed by atoms with Gasteiger partial charge >= 0.3 is 0 Å². The van der Waals surface area contributed by atoms with Crippen molar-refractivity contribution in [3.63, 3.8) is 0 Å². The summed E-state index contributed by atoms with van der Waals surface area (Å²) in [6.07, 6.45) is 5.95. The fraction of sp³-hybridized carbons (Fsp3) is 1.00. The second-order valence-electron chi connectivity index (χ2n) is 4.50. The Morgan fingerprint density at radius 3 is 2.43 bits per heavy atom. The molecule has 3 heteroatoms. The monoisotopic (exact) mass is 261 g/mol. The van der Waals surface area contributed by atoms with Gasteiger partial charge in [0.1, 0.15) is 0 Å². The maximum atomic E-state index is 5.73. The van der Waals surface area contributed by atoms with Crippen molar-refractivity contribution in [2.75, 3.05) is 31.6 Å². The Morgan fingerprint density at radius 2 is 1.86 bits per heavy atom. The summed E-state index contributed by atoms with van der Waals surface area (Å²) < 4.78 is 5.73. The van der Waals surface area contributed by atoms with E-state index in [1.54, 1.807) is 0 Å². The molecule has 82 valence electrons. The van der Waals surface area contributed by atoms with Crippen LogP contribution in [0.4, 0.5) is 0 Å². The minimum atomic E-state index is 0.531. The number of hydrogen-bond acceptors (Lipinski definition) is 2. The van der Waals surface area contributed by atoms with Gasteiger partial charge in [-0.1, -0.05) is 15.9 Å². The Hall–Kier alpha value is 0.400. The van der Waals surface area contributed by atoms with Crippen LogP contribution in [0.15, 0.2) is 0 Å². The molecule has 1 saturated carbocycles. The first-order valence-electron chi connectivity index (χ1n) is 5.78. The lowest BCUT2D eigenvalue weighted by atomic mass is 10.1. The lowest BCUT2D eigenvalue weighted by Crippen LogP contribution is -2.38. The Labute approximate surface area is 95.1 Å². The maximum absolute atomic E-state index is 5.73. The fourth-order valence-corrected chi connectivity index (χ4v) is 2.32. The van der Waals surface area contributed by atoms with Gasteiger partial charge in [-0.05, 0) is 31.6 Å². The summed E-state index contributed by atoms with van der Waals surface area (Å²) in [5.41, 5.74) is 0. The van der Waals surface area contributed by atoms with Crippen molar-refractivity contribution in [3.05, 3.63) is 0 Å². The standard InChI is InChI=1S/C11H20BrNO/c12-5-8-14-11-3-6-13(7-4-11)9-10-1-2-10/h10-11H,1-9H2. The smallest absolute Gasteiger partial charge is 0.0599 e. The van der Waals surface area contributed by atoms with Crippen molar-refractivity contribution in [2.45, 2.75) is 31.8 Å². The Morgan fingerprint density at radius 1 is 1.14 bits per heavy atom. The minimum Gasteiger partial charge on any atom is -0.377 e. The highest BCUT2D eigenvalue weighted by atomic mass is 79.9. The second kappa shape index (κ2) is 5.47. The van der Waals surface area contributed by atoms with Gasteiger partial charge in [-0.15, -0.1) is 0 Å². The van der Waals surface area contributed by atoms with Gasteiger partial charge in [0, 0.05) is 25.0 Å². The van der Waals surface area contributed by atoms with Gasteiger partial charge in [0.15, 0.2) is 0 Å². The van der Waals surface area contributed by atoms with Crippen LogP contribution in [0.1, 0.15) is 25.7 Å². The van der Waals surface area contributed by atoms with Crippen LogP contribution in [-0.4, -0.2) is 42.6 Å². The summed E-state index contributed by atoms with van der Waals surface area (Å²) in [6, 6.07) is 0. The van der Waals surface area contributed by atoms with Gasteiger partial charge in [-0.25, -0.2) is 0 Å². The molecule has 0 aromatic carbocycles. The molecule has 0 aromatic rings. The highest BCUT2D eigenvalue weighted by molar-refractivity contribution is 9.09. The zero-order chi connectivity index (χ0) is 9.80. The number of rotatable bonds is 5. The molecule has 0 atom stereocenters. The summed E-state index contributed by atoms with van der Waals surface area (Å²) in [7, 11) is 0. The number of halogens is 1. The van der Waals surface area contributed by atoms with E-state index in [0.717, 1.165) is 17.9 Å². The third-order valence-corrected chi connectivity index (χ3v) is 3.50. The van der Waals surface area contributed by atoms with E-state index < -0.39 is 0 Å². The van der Waals surface area contributed by atoms with E-state index in [9.17, 15) is 0 Å². The number of nitrogens with zero attached hydrogens (tertiary/aromatic N) is 1. The first kappa shape index (κ1) is 10.9. The van der Waals surface area contributed by atoms with Crippen molar-refractivity contribution in [1.82, 2.24) is 4.90 Å². The molecule has 0 spiro atoms. The molecule has 0 unspecified atom stereocenters. The molecular weight excluding hydrogens is 242 g/mol. The third kappa shape index (κ3) is 3.52. The van der Waals surface area contributed by atoms with Crippen LogP contribution >= 0.6 is 15.9 Å². The van der Waals surface area contributed by atoms with Crippen LogP contribution in [0.25, 0.3) is 0 Å². The molecule has 1 aliphatic heterocycles. The topological polar surface area (TPSA) is 12.5 Å². The largest absolute Gasteiger partial charge is 0.377 e. The third-order valence-electron chi connectivity index (χ3n) is 3.18. The maximum Gasteiger partial charge on any atom is 0.0599 e. The second-order valence-corrected chi connectivity index (χ2v) is 5.30. The molecule has 2 fully saturated rings. The van der Waals surface area contributed by atoms with E-state index in [-0.39, 0.29) is 0 Å². The number of likely N-dealkylation sites (tertiary alicyclic amines) is 1. The van der Waals surface area contributed by atoms with Crippen LogP contribution in [0, 0.1) is 5.92 Å². The summed E-state index contributed by atoms with van der Waals surface area (Å²) in [5.74, 6) is 1.04. The number of hydrogen-bond donors (Lipinski definition) is 0. The first-order chi connectivity index (χ1) is 6.88. The fourth-order valence-electron chi connectivity index (χ4n) is 2.14. The molecule has 2 rings (SSSR count). The molecular formula is C11H20BrNO. The average molecular weight is 262 g/mol. The Bertz CT molecular complexity index is 165. The van der Waals surface area contributed by atoms with E-state index >= 15 is 0 Å². The molecule has 14 heavy (non-hydrogen) atoms. The van der Waals surface area contributed by atoms with E-state index in [0.29, 0.717) is 6.10 Å². The number of piperidine rings is 1. The van der Waals surface area contributed by atoms with Crippen molar-refractivity contribution in [3.8, 4) is 0 Å². The van der Waals surface area contributed by atoms with Gasteiger partial charge < -0.3 is 9.64 Å². The lowest BCUT2D eigenvalue weighted by molar-refractivity contribution is 0.0150. The Kier molecular flexibility index (Phi) is 4.26. The summed E-state index contributed by atoms with van der Waals surface area (Å²) in [6.45, 7) is 4.73. The van der Waals surface area contributed by atoms with Gasteiger partial charge in [0.2, 0.25) is 0 Å². The van der Waals surface area contributed by atoms with E-state index in [2.05, 4.69) is 20.8 Å².